The fourth-order valence-electron chi connectivity index (χ4n) is 3.13. The number of rotatable bonds is 7. The molecule has 0 saturated carbocycles. The van der Waals surface area contributed by atoms with Gasteiger partial charge in [-0.3, -0.25) is 14.5 Å². The molecule has 1 unspecified atom stereocenters. The molecule has 1 amide bonds. The van der Waals surface area contributed by atoms with Gasteiger partial charge in [-0.15, -0.1) is 5.10 Å². The molecule has 1 atom stereocenters. The van der Waals surface area contributed by atoms with Crippen molar-refractivity contribution >= 4 is 5.91 Å². The molecule has 1 N–H and O–H groups in total. The lowest BCUT2D eigenvalue weighted by Gasteiger charge is -2.19. The SMILES string of the molecule is Cn1cc(C(NC(=O)Cc2ccc(C(C)(C)C)cc2)c2ccc(OCC(F)(F)F)cn2)nn1. The third-order valence-corrected chi connectivity index (χ3v) is 4.86. The lowest BCUT2D eigenvalue weighted by atomic mass is 9.86. The Kier molecular flexibility index (Phi) is 7.04. The molecule has 3 aromatic rings. The Bertz CT molecular complexity index is 1070. The van der Waals surface area contributed by atoms with Gasteiger partial charge < -0.3 is 10.1 Å². The summed E-state index contributed by atoms with van der Waals surface area (Å²) in [7, 11) is 1.69. The van der Waals surface area contributed by atoms with E-state index < -0.39 is 18.8 Å². The number of amides is 1. The van der Waals surface area contributed by atoms with Gasteiger partial charge in [-0.05, 0) is 28.7 Å². The van der Waals surface area contributed by atoms with Crippen molar-refractivity contribution in [3.8, 4) is 5.75 Å². The summed E-state index contributed by atoms with van der Waals surface area (Å²) in [6, 6.07) is 9.98. The molecule has 7 nitrogen and oxygen atoms in total. The highest BCUT2D eigenvalue weighted by atomic mass is 19.4. The zero-order chi connectivity index (χ0) is 24.2. The summed E-state index contributed by atoms with van der Waals surface area (Å²) in [6.45, 7) is 4.94. The Morgan fingerprint density at radius 1 is 1.09 bits per heavy atom. The molecule has 3 rings (SSSR count). The minimum Gasteiger partial charge on any atom is -0.483 e. The van der Waals surface area contributed by atoms with Gasteiger partial charge in [-0.1, -0.05) is 50.3 Å². The maximum absolute atomic E-state index is 12.8. The maximum Gasteiger partial charge on any atom is 0.422 e. The average molecular weight is 461 g/mol. The summed E-state index contributed by atoms with van der Waals surface area (Å²) in [4.78, 5) is 17.0. The number of ether oxygens (including phenoxy) is 1. The lowest BCUT2D eigenvalue weighted by molar-refractivity contribution is -0.153. The number of carbonyl (C=O) groups excluding carboxylic acids is 1. The highest BCUT2D eigenvalue weighted by Gasteiger charge is 2.28. The van der Waals surface area contributed by atoms with E-state index in [1.54, 1.807) is 13.2 Å². The molecule has 2 heterocycles. The standard InChI is InChI=1S/C23H26F3N5O2/c1-22(2,3)16-7-5-15(6-8-16)11-20(32)28-21(19-13-31(4)30-29-19)18-10-9-17(12-27-18)33-14-23(24,25)26/h5-10,12-13,21H,11,14H2,1-4H3,(H,28,32). The quantitative estimate of drug-likeness (QED) is 0.577. The normalized spacial score (nSPS) is 12.9. The van der Waals surface area contributed by atoms with Gasteiger partial charge in [0.15, 0.2) is 6.61 Å². The molecule has 0 fully saturated rings. The van der Waals surface area contributed by atoms with Crippen LogP contribution in [0.3, 0.4) is 0 Å². The van der Waals surface area contributed by atoms with E-state index in [9.17, 15) is 18.0 Å². The molecule has 10 heteroatoms. The number of pyridine rings is 1. The molecule has 33 heavy (non-hydrogen) atoms. The summed E-state index contributed by atoms with van der Waals surface area (Å²) in [5.74, 6) is -0.285. The fourth-order valence-corrected chi connectivity index (χ4v) is 3.13. The van der Waals surface area contributed by atoms with Gasteiger partial charge in [-0.2, -0.15) is 13.2 Å². The second kappa shape index (κ2) is 9.60. The third-order valence-electron chi connectivity index (χ3n) is 4.86. The molecule has 0 radical (unpaired) electrons. The molecule has 1 aromatic carbocycles. The number of nitrogens with zero attached hydrogens (tertiary/aromatic N) is 4. The zero-order valence-electron chi connectivity index (χ0n) is 18.8. The van der Waals surface area contributed by atoms with E-state index >= 15 is 0 Å². The Morgan fingerprint density at radius 3 is 2.30 bits per heavy atom. The zero-order valence-corrected chi connectivity index (χ0v) is 18.8. The van der Waals surface area contributed by atoms with Crippen LogP contribution in [0.25, 0.3) is 0 Å². The number of hydrogen-bond acceptors (Lipinski definition) is 5. The van der Waals surface area contributed by atoms with Gasteiger partial charge in [-0.25, -0.2) is 0 Å². The second-order valence-electron chi connectivity index (χ2n) is 8.76. The molecule has 0 aliphatic carbocycles. The molecule has 0 spiro atoms. The smallest absolute Gasteiger partial charge is 0.422 e. The average Bonchev–Trinajstić information content (AvgIpc) is 3.16. The van der Waals surface area contributed by atoms with Crippen LogP contribution < -0.4 is 10.1 Å². The van der Waals surface area contributed by atoms with Gasteiger partial charge in [0.2, 0.25) is 5.91 Å². The first-order chi connectivity index (χ1) is 15.4. The van der Waals surface area contributed by atoms with Crippen LogP contribution in [0.5, 0.6) is 5.75 Å². The minimum absolute atomic E-state index is 0.0134. The maximum atomic E-state index is 12.8. The lowest BCUT2D eigenvalue weighted by Crippen LogP contribution is -2.31. The number of alkyl halides is 3. The van der Waals surface area contributed by atoms with Crippen molar-refractivity contribution in [2.75, 3.05) is 6.61 Å². The topological polar surface area (TPSA) is 81.9 Å². The van der Waals surface area contributed by atoms with Gasteiger partial charge >= 0.3 is 6.18 Å². The largest absolute Gasteiger partial charge is 0.483 e. The summed E-state index contributed by atoms with van der Waals surface area (Å²) in [5.41, 5.74) is 2.87. The van der Waals surface area contributed by atoms with E-state index in [1.807, 2.05) is 24.3 Å². The molecule has 0 saturated heterocycles. The van der Waals surface area contributed by atoms with E-state index in [2.05, 4.69) is 41.4 Å². The highest BCUT2D eigenvalue weighted by molar-refractivity contribution is 5.79. The molecular weight excluding hydrogens is 435 g/mol. The highest BCUT2D eigenvalue weighted by Crippen LogP contribution is 2.24. The van der Waals surface area contributed by atoms with Crippen molar-refractivity contribution in [1.29, 1.82) is 0 Å². The first-order valence-corrected chi connectivity index (χ1v) is 10.3. The number of nitrogens with one attached hydrogen (secondary N) is 1. The summed E-state index contributed by atoms with van der Waals surface area (Å²) < 4.78 is 43.3. The number of benzene rings is 1. The van der Waals surface area contributed by atoms with Crippen molar-refractivity contribution in [2.24, 2.45) is 7.05 Å². The van der Waals surface area contributed by atoms with Crippen LogP contribution >= 0.6 is 0 Å². The predicted octanol–water partition coefficient (Wildman–Crippen LogP) is 3.90. The van der Waals surface area contributed by atoms with E-state index in [1.165, 1.54) is 28.6 Å². The summed E-state index contributed by atoms with van der Waals surface area (Å²) in [6.07, 6.45) is -1.48. The number of hydrogen-bond donors (Lipinski definition) is 1. The van der Waals surface area contributed by atoms with E-state index in [0.29, 0.717) is 11.4 Å². The van der Waals surface area contributed by atoms with Crippen LogP contribution in [0, 0.1) is 0 Å². The molecule has 0 bridgehead atoms. The van der Waals surface area contributed by atoms with Crippen LogP contribution in [-0.2, 0) is 23.7 Å². The fraction of sp³-hybridized carbons (Fsp3) is 0.391. The summed E-state index contributed by atoms with van der Waals surface area (Å²) >= 11 is 0. The van der Waals surface area contributed by atoms with Gasteiger partial charge in [0.05, 0.1) is 24.5 Å². The second-order valence-corrected chi connectivity index (χ2v) is 8.76. The Morgan fingerprint density at radius 2 is 1.79 bits per heavy atom. The molecule has 2 aromatic heterocycles. The van der Waals surface area contributed by atoms with Crippen molar-refractivity contribution in [3.05, 3.63) is 71.3 Å². The summed E-state index contributed by atoms with van der Waals surface area (Å²) in [5, 5.41) is 10.9. The van der Waals surface area contributed by atoms with E-state index in [0.717, 1.165) is 5.56 Å². The van der Waals surface area contributed by atoms with Crippen molar-refractivity contribution < 1.29 is 22.7 Å². The number of aromatic nitrogens is 4. The minimum atomic E-state index is -4.44. The van der Waals surface area contributed by atoms with Gasteiger partial charge in [0.1, 0.15) is 17.5 Å². The van der Waals surface area contributed by atoms with Crippen LogP contribution in [0.2, 0.25) is 0 Å². The van der Waals surface area contributed by atoms with Crippen molar-refractivity contribution in [1.82, 2.24) is 25.3 Å². The Balaban J connectivity index is 1.74. The first-order valence-electron chi connectivity index (χ1n) is 10.3. The van der Waals surface area contributed by atoms with Gasteiger partial charge in [0, 0.05) is 7.05 Å². The van der Waals surface area contributed by atoms with Crippen molar-refractivity contribution in [2.45, 2.75) is 44.8 Å². The molecule has 0 aliphatic rings. The third kappa shape index (κ3) is 7.03. The van der Waals surface area contributed by atoms with Crippen LogP contribution in [0.15, 0.2) is 48.8 Å². The van der Waals surface area contributed by atoms with Crippen LogP contribution in [-0.4, -0.2) is 38.7 Å². The number of carbonyl (C=O) groups is 1. The number of aryl methyl sites for hydroxylation is 1. The van der Waals surface area contributed by atoms with Gasteiger partial charge in [0.25, 0.3) is 0 Å². The van der Waals surface area contributed by atoms with E-state index in [4.69, 9.17) is 4.74 Å². The van der Waals surface area contributed by atoms with Crippen molar-refractivity contribution in [3.63, 3.8) is 0 Å². The number of halogens is 3. The van der Waals surface area contributed by atoms with Crippen LogP contribution in [0.1, 0.15) is 49.3 Å². The monoisotopic (exact) mass is 461 g/mol. The molecular formula is C23H26F3N5O2. The predicted molar refractivity (Wildman–Crippen MR) is 116 cm³/mol. The van der Waals surface area contributed by atoms with Crippen LogP contribution in [0.4, 0.5) is 13.2 Å². The van der Waals surface area contributed by atoms with E-state index in [-0.39, 0.29) is 23.5 Å². The molecule has 176 valence electrons. The Labute approximate surface area is 190 Å². The molecule has 0 aliphatic heterocycles. The first kappa shape index (κ1) is 24.2. The Hall–Kier alpha value is -3.43.